The van der Waals surface area contributed by atoms with Crippen LogP contribution in [-0.2, 0) is 14.4 Å². The molecule has 0 aromatic rings. The van der Waals surface area contributed by atoms with Gasteiger partial charge >= 0.3 is 5.97 Å². The number of aliphatic carboxylic acids is 1. The van der Waals surface area contributed by atoms with Crippen LogP contribution in [0.1, 0.15) is 41.0 Å². The van der Waals surface area contributed by atoms with Crippen LogP contribution < -0.4 is 0 Å². The van der Waals surface area contributed by atoms with Gasteiger partial charge in [-0.25, -0.2) is 0 Å². The van der Waals surface area contributed by atoms with E-state index in [0.29, 0.717) is 0 Å². The number of carbonyl (C=O) groups is 3. The molecule has 0 aliphatic heterocycles. The molecule has 0 amide bonds. The first-order chi connectivity index (χ1) is 6.49. The number of hydrogen-bond acceptors (Lipinski definition) is 3. The summed E-state index contributed by atoms with van der Waals surface area (Å²) < 4.78 is 0. The van der Waals surface area contributed by atoms with Gasteiger partial charge < -0.3 is 5.11 Å². The van der Waals surface area contributed by atoms with Crippen molar-refractivity contribution in [2.24, 2.45) is 10.8 Å². The van der Waals surface area contributed by atoms with Gasteiger partial charge in [-0.2, -0.15) is 0 Å². The van der Waals surface area contributed by atoms with E-state index in [1.54, 1.807) is 20.8 Å². The summed E-state index contributed by atoms with van der Waals surface area (Å²) in [6.07, 6.45) is -0.317. The second kappa shape index (κ2) is 6.08. The summed E-state index contributed by atoms with van der Waals surface area (Å²) in [4.78, 5) is 33.9. The Bertz CT molecular complexity index is 300. The summed E-state index contributed by atoms with van der Waals surface area (Å²) in [5.74, 6) is -1.98. The van der Waals surface area contributed by atoms with Gasteiger partial charge in [0.1, 0.15) is 11.2 Å². The van der Waals surface area contributed by atoms with Gasteiger partial charge in [-0.15, -0.1) is 0 Å². The molecule has 89 valence electrons. The second-order valence-electron chi connectivity index (χ2n) is 5.20. The standard InChI is InChI=1S/C11H18O4.La/c1-10(2,3)7(12)6-8(13)11(4,5)9(14)15;/h6H2,1-5H3,(H,14,15);. The molecule has 4 nitrogen and oxygen atoms in total. The average molecular weight is 353 g/mol. The number of Topliss-reactive ketones (excluding diaryl/α,β-unsaturated/α-hetero) is 2. The third kappa shape index (κ3) is 4.89. The first kappa shape index (κ1) is 18.4. The Balaban J connectivity index is 0. The molecule has 0 aromatic carbocycles. The first-order valence-electron chi connectivity index (χ1n) is 4.79. The van der Waals surface area contributed by atoms with Crippen LogP contribution in [0.2, 0.25) is 0 Å². The topological polar surface area (TPSA) is 71.4 Å². The van der Waals surface area contributed by atoms with Gasteiger partial charge in [-0.1, -0.05) is 20.8 Å². The fraction of sp³-hybridized carbons (Fsp3) is 0.727. The van der Waals surface area contributed by atoms with Crippen molar-refractivity contribution in [3.05, 3.63) is 0 Å². The number of carbonyl (C=O) groups excluding carboxylic acids is 2. The van der Waals surface area contributed by atoms with Crippen molar-refractivity contribution in [2.45, 2.75) is 41.0 Å². The van der Waals surface area contributed by atoms with Gasteiger partial charge in [0.2, 0.25) is 0 Å². The molecule has 0 saturated carbocycles. The maximum absolute atomic E-state index is 11.6. The third-order valence-electron chi connectivity index (χ3n) is 2.39. The molecule has 0 saturated heterocycles. The van der Waals surface area contributed by atoms with E-state index in [1.165, 1.54) is 13.8 Å². The zero-order valence-electron chi connectivity index (χ0n) is 10.5. The number of carboxylic acids is 1. The Hall–Kier alpha value is 0.00481. The summed E-state index contributed by atoms with van der Waals surface area (Å²) in [7, 11) is 0. The Labute approximate surface area is 124 Å². The fourth-order valence-corrected chi connectivity index (χ4v) is 0.751. The van der Waals surface area contributed by atoms with Crippen LogP contribution in [0, 0.1) is 46.4 Å². The average Bonchev–Trinajstić information content (AvgIpc) is 2.01. The molecular formula is C11H18LaO4. The van der Waals surface area contributed by atoms with Gasteiger partial charge in [0.15, 0.2) is 5.78 Å². The molecular weight excluding hydrogens is 335 g/mol. The molecule has 0 fully saturated rings. The van der Waals surface area contributed by atoms with Crippen molar-refractivity contribution in [2.75, 3.05) is 0 Å². The molecule has 0 aliphatic carbocycles. The van der Waals surface area contributed by atoms with Gasteiger partial charge in [0, 0.05) is 41.0 Å². The van der Waals surface area contributed by atoms with E-state index in [-0.39, 0.29) is 47.8 Å². The molecule has 0 unspecified atom stereocenters. The SMILES string of the molecule is CC(C)(C)C(=O)CC(=O)C(C)(C)C(=O)O.[La]. The van der Waals surface area contributed by atoms with Crippen molar-refractivity contribution in [1.29, 1.82) is 0 Å². The van der Waals surface area contributed by atoms with Crippen molar-refractivity contribution in [3.63, 3.8) is 0 Å². The molecule has 16 heavy (non-hydrogen) atoms. The van der Waals surface area contributed by atoms with Gasteiger partial charge in [0.25, 0.3) is 0 Å². The summed E-state index contributed by atoms with van der Waals surface area (Å²) in [6, 6.07) is 0. The summed E-state index contributed by atoms with van der Waals surface area (Å²) in [5, 5.41) is 8.80. The quantitative estimate of drug-likeness (QED) is 0.781. The van der Waals surface area contributed by atoms with Gasteiger partial charge in [-0.05, 0) is 13.8 Å². The van der Waals surface area contributed by atoms with E-state index in [4.69, 9.17) is 5.11 Å². The number of ketones is 2. The largest absolute Gasteiger partial charge is 0.481 e. The molecule has 0 heterocycles. The molecule has 1 radical (unpaired) electrons. The minimum atomic E-state index is -1.49. The second-order valence-corrected chi connectivity index (χ2v) is 5.20. The number of rotatable bonds is 4. The molecule has 0 aliphatic rings. The Kier molecular flexibility index (Phi) is 6.98. The van der Waals surface area contributed by atoms with E-state index in [2.05, 4.69) is 0 Å². The molecule has 0 atom stereocenters. The predicted octanol–water partition coefficient (Wildman–Crippen LogP) is 1.67. The van der Waals surface area contributed by atoms with E-state index < -0.39 is 22.6 Å². The number of carboxylic acid groups (broad SMARTS) is 1. The minimum Gasteiger partial charge on any atom is -0.481 e. The molecule has 0 bridgehead atoms. The number of hydrogen-bond donors (Lipinski definition) is 1. The van der Waals surface area contributed by atoms with Crippen LogP contribution in [0.15, 0.2) is 0 Å². The summed E-state index contributed by atoms with van der Waals surface area (Å²) >= 11 is 0. The van der Waals surface area contributed by atoms with Crippen molar-refractivity contribution in [3.8, 4) is 0 Å². The molecule has 0 spiro atoms. The fourth-order valence-electron chi connectivity index (χ4n) is 0.751. The van der Waals surface area contributed by atoms with E-state index >= 15 is 0 Å². The first-order valence-corrected chi connectivity index (χ1v) is 4.79. The van der Waals surface area contributed by atoms with Crippen LogP contribution in [-0.4, -0.2) is 22.6 Å². The van der Waals surface area contributed by atoms with E-state index in [0.717, 1.165) is 0 Å². The zero-order chi connectivity index (χ0) is 12.4. The van der Waals surface area contributed by atoms with Crippen LogP contribution >= 0.6 is 0 Å². The Morgan fingerprint density at radius 2 is 1.31 bits per heavy atom. The van der Waals surface area contributed by atoms with Crippen LogP contribution in [0.4, 0.5) is 0 Å². The molecule has 1 N–H and O–H groups in total. The maximum atomic E-state index is 11.6. The van der Waals surface area contributed by atoms with Crippen molar-refractivity contribution < 1.29 is 55.1 Å². The third-order valence-corrected chi connectivity index (χ3v) is 2.39. The maximum Gasteiger partial charge on any atom is 0.316 e. The molecule has 0 rings (SSSR count). The van der Waals surface area contributed by atoms with E-state index in [1.807, 2.05) is 0 Å². The smallest absolute Gasteiger partial charge is 0.316 e. The monoisotopic (exact) mass is 353 g/mol. The van der Waals surface area contributed by atoms with Crippen molar-refractivity contribution in [1.82, 2.24) is 0 Å². The molecule has 5 heteroatoms. The Morgan fingerprint density at radius 1 is 0.938 bits per heavy atom. The van der Waals surface area contributed by atoms with Gasteiger partial charge in [-0.3, -0.25) is 14.4 Å². The van der Waals surface area contributed by atoms with Gasteiger partial charge in [0.05, 0.1) is 6.42 Å². The Morgan fingerprint density at radius 3 is 1.56 bits per heavy atom. The van der Waals surface area contributed by atoms with Crippen LogP contribution in [0.25, 0.3) is 0 Å². The summed E-state index contributed by atoms with van der Waals surface area (Å²) in [5.41, 5.74) is -2.09. The van der Waals surface area contributed by atoms with Crippen molar-refractivity contribution >= 4 is 17.5 Å². The normalized spacial score (nSPS) is 11.6. The van der Waals surface area contributed by atoms with Crippen LogP contribution in [0.3, 0.4) is 0 Å². The van der Waals surface area contributed by atoms with E-state index in [9.17, 15) is 14.4 Å². The van der Waals surface area contributed by atoms with Crippen LogP contribution in [0.5, 0.6) is 0 Å². The summed E-state index contributed by atoms with van der Waals surface area (Å²) in [6.45, 7) is 7.74. The minimum absolute atomic E-state index is 0. The molecule has 0 aromatic heterocycles. The zero-order valence-corrected chi connectivity index (χ0v) is 14.1. The predicted molar refractivity (Wildman–Crippen MR) is 55.5 cm³/mol.